The van der Waals surface area contributed by atoms with Crippen molar-refractivity contribution in [2.75, 3.05) is 0 Å². The monoisotopic (exact) mass is 127 g/mol. The maximum atomic E-state index is 3.89. The zero-order valence-corrected chi connectivity index (χ0v) is 6.98. The highest BCUT2D eigenvalue weighted by Gasteiger charge is 2.07. The van der Waals surface area contributed by atoms with Crippen LogP contribution in [0.1, 0.15) is 40.0 Å². The molecular weight excluding hydrogens is 108 g/mol. The van der Waals surface area contributed by atoms with Gasteiger partial charge in [0.2, 0.25) is 0 Å². The van der Waals surface area contributed by atoms with Crippen molar-refractivity contribution in [1.29, 1.82) is 0 Å². The Balaban J connectivity index is 3.32. The van der Waals surface area contributed by atoms with Gasteiger partial charge in [-0.25, -0.2) is 0 Å². The van der Waals surface area contributed by atoms with E-state index in [-0.39, 0.29) is 0 Å². The normalized spacial score (nSPS) is 17.3. The quantitative estimate of drug-likeness (QED) is 0.543. The van der Waals surface area contributed by atoms with Crippen LogP contribution in [0.15, 0.2) is 0 Å². The van der Waals surface area contributed by atoms with Crippen LogP contribution in [-0.2, 0) is 0 Å². The molecule has 0 rings (SSSR count). The first-order valence-electron chi connectivity index (χ1n) is 4.01. The van der Waals surface area contributed by atoms with Crippen LogP contribution in [0, 0.1) is 18.8 Å². The molecule has 0 saturated carbocycles. The zero-order valence-electron chi connectivity index (χ0n) is 6.98. The highest BCUT2D eigenvalue weighted by molar-refractivity contribution is 4.61. The molecule has 0 heteroatoms. The summed E-state index contributed by atoms with van der Waals surface area (Å²) in [4.78, 5) is 0. The molecule has 0 amide bonds. The highest BCUT2D eigenvalue weighted by atomic mass is 14.1. The van der Waals surface area contributed by atoms with Crippen LogP contribution < -0.4 is 0 Å². The van der Waals surface area contributed by atoms with Crippen LogP contribution in [0.3, 0.4) is 0 Å². The molecule has 2 atom stereocenters. The first kappa shape index (κ1) is 9.00. The van der Waals surface area contributed by atoms with Gasteiger partial charge in [-0.3, -0.25) is 0 Å². The molecule has 0 aromatic heterocycles. The van der Waals surface area contributed by atoms with Gasteiger partial charge < -0.3 is 0 Å². The average molecular weight is 127 g/mol. The summed E-state index contributed by atoms with van der Waals surface area (Å²) in [6, 6.07) is 0. The Morgan fingerprint density at radius 2 is 1.78 bits per heavy atom. The predicted octanol–water partition coefficient (Wildman–Crippen LogP) is 3.28. The predicted molar refractivity (Wildman–Crippen MR) is 43.2 cm³/mol. The SMILES string of the molecule is [CH2]CC(C)C(C)CCC. The maximum absolute atomic E-state index is 3.89. The van der Waals surface area contributed by atoms with Crippen molar-refractivity contribution in [3.63, 3.8) is 0 Å². The molecule has 0 aliphatic rings. The molecule has 0 aliphatic carbocycles. The third-order valence-corrected chi connectivity index (χ3v) is 2.17. The summed E-state index contributed by atoms with van der Waals surface area (Å²) in [6.45, 7) is 10.7. The van der Waals surface area contributed by atoms with Crippen LogP contribution >= 0.6 is 0 Å². The van der Waals surface area contributed by atoms with Crippen LogP contribution in [0.2, 0.25) is 0 Å². The lowest BCUT2D eigenvalue weighted by Crippen LogP contribution is -2.05. The first-order chi connectivity index (χ1) is 4.22. The van der Waals surface area contributed by atoms with Crippen molar-refractivity contribution in [2.45, 2.75) is 40.0 Å². The van der Waals surface area contributed by atoms with E-state index < -0.39 is 0 Å². The van der Waals surface area contributed by atoms with Gasteiger partial charge in [0.05, 0.1) is 0 Å². The summed E-state index contributed by atoms with van der Waals surface area (Å²) >= 11 is 0. The lowest BCUT2D eigenvalue weighted by atomic mass is 9.90. The maximum Gasteiger partial charge on any atom is -0.0417 e. The van der Waals surface area contributed by atoms with Gasteiger partial charge in [0, 0.05) is 0 Å². The standard InChI is InChI=1S/C9H19/c1-5-7-9(4)8(3)6-2/h8-9H,2,5-7H2,1,3-4H3. The number of hydrogen-bond donors (Lipinski definition) is 0. The summed E-state index contributed by atoms with van der Waals surface area (Å²) in [5.41, 5.74) is 0. The third-order valence-electron chi connectivity index (χ3n) is 2.17. The van der Waals surface area contributed by atoms with Gasteiger partial charge in [-0.05, 0) is 11.8 Å². The van der Waals surface area contributed by atoms with Crippen molar-refractivity contribution in [2.24, 2.45) is 11.8 Å². The minimum atomic E-state index is 0.810. The molecule has 0 N–H and O–H groups in total. The summed E-state index contributed by atoms with van der Waals surface area (Å²) in [6.07, 6.45) is 3.75. The molecule has 1 radical (unpaired) electrons. The lowest BCUT2D eigenvalue weighted by Gasteiger charge is -2.16. The van der Waals surface area contributed by atoms with Crippen LogP contribution in [0.25, 0.3) is 0 Å². The van der Waals surface area contributed by atoms with E-state index in [1.54, 1.807) is 0 Å². The summed E-state index contributed by atoms with van der Waals surface area (Å²) < 4.78 is 0. The van der Waals surface area contributed by atoms with Crippen molar-refractivity contribution in [3.05, 3.63) is 6.92 Å². The van der Waals surface area contributed by atoms with E-state index in [1.807, 2.05) is 0 Å². The minimum Gasteiger partial charge on any atom is -0.0654 e. The Labute approximate surface area is 59.7 Å². The fourth-order valence-electron chi connectivity index (χ4n) is 1.02. The van der Waals surface area contributed by atoms with E-state index in [4.69, 9.17) is 0 Å². The summed E-state index contributed by atoms with van der Waals surface area (Å²) in [5, 5.41) is 0. The molecule has 9 heavy (non-hydrogen) atoms. The van der Waals surface area contributed by atoms with Crippen molar-refractivity contribution in [3.8, 4) is 0 Å². The molecular formula is C9H19. The minimum absolute atomic E-state index is 0.810. The molecule has 0 saturated heterocycles. The molecule has 0 aromatic rings. The van der Waals surface area contributed by atoms with Crippen LogP contribution in [0.5, 0.6) is 0 Å². The summed E-state index contributed by atoms with van der Waals surface area (Å²) in [5.74, 6) is 1.68. The third kappa shape index (κ3) is 3.56. The fourth-order valence-corrected chi connectivity index (χ4v) is 1.02. The smallest absolute Gasteiger partial charge is 0.0417 e. The fraction of sp³-hybridized carbons (Fsp3) is 0.889. The first-order valence-corrected chi connectivity index (χ1v) is 4.01. The van der Waals surface area contributed by atoms with Crippen LogP contribution in [-0.4, -0.2) is 0 Å². The lowest BCUT2D eigenvalue weighted by molar-refractivity contribution is 0.363. The van der Waals surface area contributed by atoms with E-state index in [0.29, 0.717) is 0 Å². The van der Waals surface area contributed by atoms with Gasteiger partial charge in [-0.2, -0.15) is 0 Å². The second kappa shape index (κ2) is 4.84. The number of rotatable bonds is 4. The van der Waals surface area contributed by atoms with Crippen LogP contribution in [0.4, 0.5) is 0 Å². The van der Waals surface area contributed by atoms with Gasteiger partial charge >= 0.3 is 0 Å². The topological polar surface area (TPSA) is 0 Å². The largest absolute Gasteiger partial charge is 0.0654 e. The average Bonchev–Trinajstić information content (AvgIpc) is 1.87. The second-order valence-corrected chi connectivity index (χ2v) is 3.03. The van der Waals surface area contributed by atoms with Gasteiger partial charge in [-0.1, -0.05) is 47.0 Å². The van der Waals surface area contributed by atoms with E-state index in [1.165, 1.54) is 12.8 Å². The second-order valence-electron chi connectivity index (χ2n) is 3.03. The Bertz CT molecular complexity index is 57.1. The van der Waals surface area contributed by atoms with Gasteiger partial charge in [0.15, 0.2) is 0 Å². The summed E-state index contributed by atoms with van der Waals surface area (Å²) in [7, 11) is 0. The molecule has 0 nitrogen and oxygen atoms in total. The van der Waals surface area contributed by atoms with E-state index >= 15 is 0 Å². The van der Waals surface area contributed by atoms with Crippen molar-refractivity contribution in [1.82, 2.24) is 0 Å². The molecule has 0 spiro atoms. The van der Waals surface area contributed by atoms with Crippen molar-refractivity contribution < 1.29 is 0 Å². The Hall–Kier alpha value is 0. The zero-order chi connectivity index (χ0) is 7.28. The Morgan fingerprint density at radius 3 is 2.11 bits per heavy atom. The molecule has 55 valence electrons. The van der Waals surface area contributed by atoms with Gasteiger partial charge in [0.1, 0.15) is 0 Å². The molecule has 0 aliphatic heterocycles. The van der Waals surface area contributed by atoms with E-state index in [0.717, 1.165) is 18.3 Å². The van der Waals surface area contributed by atoms with Crippen molar-refractivity contribution >= 4 is 0 Å². The Morgan fingerprint density at radius 1 is 1.22 bits per heavy atom. The highest BCUT2D eigenvalue weighted by Crippen LogP contribution is 2.18. The molecule has 0 bridgehead atoms. The molecule has 2 unspecified atom stereocenters. The van der Waals surface area contributed by atoms with E-state index in [2.05, 4.69) is 27.7 Å². The molecule has 0 heterocycles. The number of hydrogen-bond acceptors (Lipinski definition) is 0. The van der Waals surface area contributed by atoms with Gasteiger partial charge in [0.25, 0.3) is 0 Å². The Kier molecular flexibility index (Phi) is 4.84. The molecule has 0 aromatic carbocycles. The van der Waals surface area contributed by atoms with Gasteiger partial charge in [-0.15, -0.1) is 0 Å². The van der Waals surface area contributed by atoms with E-state index in [9.17, 15) is 0 Å². The molecule has 0 fully saturated rings.